The Hall–Kier alpha value is -1.51. The maximum Gasteiger partial charge on any atom is 0.306 e. The fourth-order valence-electron chi connectivity index (χ4n) is 1.34. The zero-order valence-electron chi connectivity index (χ0n) is 8.23. The summed E-state index contributed by atoms with van der Waals surface area (Å²) < 4.78 is 0. The Labute approximate surface area is 83.6 Å². The maximum absolute atomic E-state index is 10.8. The van der Waals surface area contributed by atoms with Crippen LogP contribution in [0.15, 0.2) is 24.3 Å². The lowest BCUT2D eigenvalue weighted by atomic mass is 9.97. The molecule has 0 radical (unpaired) electrons. The van der Waals surface area contributed by atoms with Crippen LogP contribution in [0.4, 0.5) is 5.69 Å². The van der Waals surface area contributed by atoms with Crippen molar-refractivity contribution in [3.8, 4) is 0 Å². The molecule has 0 spiro atoms. The van der Waals surface area contributed by atoms with Gasteiger partial charge in [0, 0.05) is 5.69 Å². The molecule has 14 heavy (non-hydrogen) atoms. The summed E-state index contributed by atoms with van der Waals surface area (Å²) in [6.45, 7) is 1.89. The van der Waals surface area contributed by atoms with Gasteiger partial charge in [-0.25, -0.2) is 0 Å². The smallest absolute Gasteiger partial charge is 0.306 e. The van der Waals surface area contributed by atoms with Gasteiger partial charge in [0.15, 0.2) is 0 Å². The van der Waals surface area contributed by atoms with Crippen LogP contribution in [0.25, 0.3) is 0 Å². The molecule has 0 saturated carbocycles. The van der Waals surface area contributed by atoms with Crippen LogP contribution in [0.2, 0.25) is 0 Å². The van der Waals surface area contributed by atoms with E-state index in [1.807, 2.05) is 19.1 Å². The van der Waals surface area contributed by atoms with Crippen molar-refractivity contribution in [2.75, 3.05) is 5.73 Å². The molecular formula is C11H15NO2. The van der Waals surface area contributed by atoms with E-state index in [0.29, 0.717) is 18.5 Å². The molecule has 76 valence electrons. The van der Waals surface area contributed by atoms with Gasteiger partial charge in [-0.05, 0) is 30.5 Å². The van der Waals surface area contributed by atoms with E-state index in [4.69, 9.17) is 10.8 Å². The highest BCUT2D eigenvalue weighted by Crippen LogP contribution is 2.13. The monoisotopic (exact) mass is 193 g/mol. The second-order valence-electron chi connectivity index (χ2n) is 3.39. The molecule has 3 N–H and O–H groups in total. The van der Waals surface area contributed by atoms with Crippen molar-refractivity contribution < 1.29 is 9.90 Å². The SMILES string of the molecule is CCC(Cc1ccc(N)cc1)C(=O)O. The van der Waals surface area contributed by atoms with Crippen LogP contribution in [0.1, 0.15) is 18.9 Å². The first-order chi connectivity index (χ1) is 6.63. The first-order valence-corrected chi connectivity index (χ1v) is 4.70. The second-order valence-corrected chi connectivity index (χ2v) is 3.39. The van der Waals surface area contributed by atoms with Gasteiger partial charge in [0.2, 0.25) is 0 Å². The van der Waals surface area contributed by atoms with Gasteiger partial charge < -0.3 is 10.8 Å². The van der Waals surface area contributed by atoms with E-state index >= 15 is 0 Å². The molecule has 3 heteroatoms. The minimum absolute atomic E-state index is 0.293. The van der Waals surface area contributed by atoms with Crippen LogP contribution in [-0.4, -0.2) is 11.1 Å². The Morgan fingerprint density at radius 1 is 1.43 bits per heavy atom. The Bertz CT molecular complexity index is 306. The molecule has 1 atom stereocenters. The van der Waals surface area contributed by atoms with Crippen molar-refractivity contribution in [2.45, 2.75) is 19.8 Å². The van der Waals surface area contributed by atoms with Crippen LogP contribution in [0.5, 0.6) is 0 Å². The molecule has 0 heterocycles. The van der Waals surface area contributed by atoms with E-state index < -0.39 is 5.97 Å². The number of anilines is 1. The van der Waals surface area contributed by atoms with E-state index in [9.17, 15) is 4.79 Å². The molecule has 1 aromatic rings. The number of hydrogen-bond donors (Lipinski definition) is 2. The zero-order valence-corrected chi connectivity index (χ0v) is 8.23. The third-order valence-corrected chi connectivity index (χ3v) is 2.30. The summed E-state index contributed by atoms with van der Waals surface area (Å²) in [4.78, 5) is 10.8. The van der Waals surface area contributed by atoms with E-state index in [-0.39, 0.29) is 5.92 Å². The highest BCUT2D eigenvalue weighted by molar-refractivity contribution is 5.70. The van der Waals surface area contributed by atoms with Gasteiger partial charge in [0.25, 0.3) is 0 Å². The second kappa shape index (κ2) is 4.65. The Balaban J connectivity index is 2.67. The Morgan fingerprint density at radius 3 is 2.43 bits per heavy atom. The van der Waals surface area contributed by atoms with Crippen LogP contribution in [0.3, 0.4) is 0 Å². The molecule has 0 aromatic heterocycles. The number of nitrogen functional groups attached to an aromatic ring is 1. The molecule has 1 rings (SSSR count). The number of nitrogens with two attached hydrogens (primary N) is 1. The summed E-state index contributed by atoms with van der Waals surface area (Å²) in [6.07, 6.45) is 1.23. The molecule has 0 bridgehead atoms. The highest BCUT2D eigenvalue weighted by Gasteiger charge is 2.14. The normalized spacial score (nSPS) is 12.4. The standard InChI is InChI=1S/C11H15NO2/c1-2-9(11(13)14)7-8-3-5-10(12)6-4-8/h3-6,9H,2,7,12H2,1H3,(H,13,14). The van der Waals surface area contributed by atoms with Crippen LogP contribution >= 0.6 is 0 Å². The van der Waals surface area contributed by atoms with E-state index in [1.54, 1.807) is 12.1 Å². The summed E-state index contributed by atoms with van der Waals surface area (Å²) in [7, 11) is 0. The van der Waals surface area contributed by atoms with Crippen molar-refractivity contribution in [2.24, 2.45) is 5.92 Å². The molecule has 0 aliphatic carbocycles. The van der Waals surface area contributed by atoms with Gasteiger partial charge in [-0.3, -0.25) is 4.79 Å². The minimum atomic E-state index is -0.732. The number of carboxylic acids is 1. The van der Waals surface area contributed by atoms with E-state index in [1.165, 1.54) is 0 Å². The topological polar surface area (TPSA) is 63.3 Å². The molecular weight excluding hydrogens is 178 g/mol. The highest BCUT2D eigenvalue weighted by atomic mass is 16.4. The number of hydrogen-bond acceptors (Lipinski definition) is 2. The van der Waals surface area contributed by atoms with E-state index in [0.717, 1.165) is 5.56 Å². The molecule has 1 unspecified atom stereocenters. The lowest BCUT2D eigenvalue weighted by molar-refractivity contribution is -0.141. The van der Waals surface area contributed by atoms with Crippen molar-refractivity contribution in [3.63, 3.8) is 0 Å². The third kappa shape index (κ3) is 2.76. The van der Waals surface area contributed by atoms with Crippen LogP contribution in [-0.2, 0) is 11.2 Å². The molecule has 0 aliphatic rings. The first-order valence-electron chi connectivity index (χ1n) is 4.70. The largest absolute Gasteiger partial charge is 0.481 e. The minimum Gasteiger partial charge on any atom is -0.481 e. The summed E-state index contributed by atoms with van der Waals surface area (Å²) in [5.41, 5.74) is 7.26. The Kier molecular flexibility index (Phi) is 3.51. The lowest BCUT2D eigenvalue weighted by Crippen LogP contribution is -2.15. The summed E-state index contributed by atoms with van der Waals surface area (Å²) in [6, 6.07) is 7.34. The third-order valence-electron chi connectivity index (χ3n) is 2.30. The quantitative estimate of drug-likeness (QED) is 0.718. The number of carbonyl (C=O) groups is 1. The van der Waals surface area contributed by atoms with Gasteiger partial charge in [-0.15, -0.1) is 0 Å². The number of aliphatic carboxylic acids is 1. The van der Waals surface area contributed by atoms with Gasteiger partial charge in [-0.2, -0.15) is 0 Å². The lowest BCUT2D eigenvalue weighted by Gasteiger charge is -2.09. The number of carboxylic acid groups (broad SMARTS) is 1. The number of benzene rings is 1. The average molecular weight is 193 g/mol. The number of rotatable bonds is 4. The predicted octanol–water partition coefficient (Wildman–Crippen LogP) is 1.92. The van der Waals surface area contributed by atoms with Gasteiger partial charge in [0.1, 0.15) is 0 Å². The summed E-state index contributed by atoms with van der Waals surface area (Å²) in [5, 5.41) is 8.86. The fraction of sp³-hybridized carbons (Fsp3) is 0.364. The Morgan fingerprint density at radius 2 is 2.00 bits per heavy atom. The molecule has 1 aromatic carbocycles. The molecule has 0 fully saturated rings. The maximum atomic E-state index is 10.8. The predicted molar refractivity (Wildman–Crippen MR) is 56.0 cm³/mol. The molecule has 3 nitrogen and oxygen atoms in total. The van der Waals surface area contributed by atoms with Gasteiger partial charge in [0.05, 0.1) is 5.92 Å². The van der Waals surface area contributed by atoms with Gasteiger partial charge >= 0.3 is 5.97 Å². The molecule has 0 amide bonds. The summed E-state index contributed by atoms with van der Waals surface area (Å²) in [5.74, 6) is -1.03. The molecule has 0 aliphatic heterocycles. The summed E-state index contributed by atoms with van der Waals surface area (Å²) >= 11 is 0. The van der Waals surface area contributed by atoms with Crippen molar-refractivity contribution in [1.82, 2.24) is 0 Å². The van der Waals surface area contributed by atoms with Crippen molar-refractivity contribution in [3.05, 3.63) is 29.8 Å². The van der Waals surface area contributed by atoms with Crippen LogP contribution < -0.4 is 5.73 Å². The first kappa shape index (κ1) is 10.6. The van der Waals surface area contributed by atoms with Crippen molar-refractivity contribution in [1.29, 1.82) is 0 Å². The van der Waals surface area contributed by atoms with E-state index in [2.05, 4.69) is 0 Å². The average Bonchev–Trinajstić information content (AvgIpc) is 2.16. The zero-order chi connectivity index (χ0) is 10.6. The van der Waals surface area contributed by atoms with Crippen molar-refractivity contribution >= 4 is 11.7 Å². The molecule has 0 saturated heterocycles. The van der Waals surface area contributed by atoms with Crippen LogP contribution in [0, 0.1) is 5.92 Å². The fourth-order valence-corrected chi connectivity index (χ4v) is 1.34. The van der Waals surface area contributed by atoms with Gasteiger partial charge in [-0.1, -0.05) is 19.1 Å².